The predicted octanol–water partition coefficient (Wildman–Crippen LogP) is 7.92. The van der Waals surface area contributed by atoms with Gasteiger partial charge in [0.15, 0.2) is 0 Å². The first kappa shape index (κ1) is 33.2. The molecule has 0 N–H and O–H groups in total. The highest BCUT2D eigenvalue weighted by molar-refractivity contribution is 5.89. The largest absolute Gasteiger partial charge is 0.459 e. The quantitative estimate of drug-likeness (QED) is 0.0973. The minimum atomic E-state index is -0.320. The highest BCUT2D eigenvalue weighted by atomic mass is 16.6. The second kappa shape index (κ2) is 21.7. The summed E-state index contributed by atoms with van der Waals surface area (Å²) in [5, 5.41) is 0. The number of rotatable bonds is 24. The van der Waals surface area contributed by atoms with Crippen molar-refractivity contribution in [1.82, 2.24) is 9.80 Å². The summed E-state index contributed by atoms with van der Waals surface area (Å²) in [4.78, 5) is 16.9. The monoisotopic (exact) mass is 544 g/mol. The number of hydrogen-bond acceptors (Lipinski definition) is 6. The number of benzene rings is 1. The molecule has 1 unspecified atom stereocenters. The smallest absolute Gasteiger partial charge is 0.338 e. The average Bonchev–Trinajstić information content (AvgIpc) is 3.35. The van der Waals surface area contributed by atoms with Gasteiger partial charge in [0.05, 0.1) is 18.8 Å². The molecule has 0 saturated carbocycles. The van der Waals surface area contributed by atoms with Crippen LogP contribution in [0.1, 0.15) is 120 Å². The number of carbonyl (C=O) groups excluding carboxylic acids is 1. The molecule has 0 aliphatic carbocycles. The Bertz CT molecular complexity index is 767. The zero-order valence-electron chi connectivity index (χ0n) is 25.2. The van der Waals surface area contributed by atoms with Crippen molar-refractivity contribution in [2.24, 2.45) is 0 Å². The molecular weight excluding hydrogens is 488 g/mol. The Morgan fingerprint density at radius 1 is 0.795 bits per heavy atom. The molecule has 1 aromatic carbocycles. The van der Waals surface area contributed by atoms with Crippen LogP contribution in [0.25, 0.3) is 0 Å². The fraction of sp³-hybridized carbons (Fsp3) is 0.727. The Balaban J connectivity index is 1.47. The average molecular weight is 545 g/mol. The Morgan fingerprint density at radius 3 is 1.92 bits per heavy atom. The summed E-state index contributed by atoms with van der Waals surface area (Å²) in [6.07, 6.45) is 22.8. The van der Waals surface area contributed by atoms with Crippen LogP contribution in [0.15, 0.2) is 36.7 Å². The van der Waals surface area contributed by atoms with Crippen LogP contribution in [0.4, 0.5) is 0 Å². The minimum Gasteiger partial charge on any atom is -0.459 e. The maximum Gasteiger partial charge on any atom is 0.338 e. The number of ether oxygens (including phenoxy) is 3. The van der Waals surface area contributed by atoms with Crippen molar-refractivity contribution < 1.29 is 19.0 Å². The molecule has 0 saturated heterocycles. The van der Waals surface area contributed by atoms with Gasteiger partial charge >= 0.3 is 5.97 Å². The van der Waals surface area contributed by atoms with E-state index in [1.807, 2.05) is 31.2 Å². The Morgan fingerprint density at radius 2 is 1.38 bits per heavy atom. The van der Waals surface area contributed by atoms with Gasteiger partial charge in [0.1, 0.15) is 12.7 Å². The van der Waals surface area contributed by atoms with E-state index in [1.165, 1.54) is 83.5 Å². The lowest BCUT2D eigenvalue weighted by atomic mass is 10.0. The normalized spacial score (nSPS) is 13.8. The van der Waals surface area contributed by atoms with Crippen LogP contribution in [0.5, 0.6) is 0 Å². The summed E-state index contributed by atoms with van der Waals surface area (Å²) < 4.78 is 17.1. The van der Waals surface area contributed by atoms with E-state index in [-0.39, 0.29) is 18.7 Å². The molecule has 0 bridgehead atoms. The summed E-state index contributed by atoms with van der Waals surface area (Å²) >= 11 is 0. The van der Waals surface area contributed by atoms with Crippen molar-refractivity contribution in [1.29, 1.82) is 0 Å². The van der Waals surface area contributed by atoms with Crippen molar-refractivity contribution in [2.75, 3.05) is 40.1 Å². The molecule has 0 fully saturated rings. The molecule has 1 aliphatic rings. The molecule has 0 radical (unpaired) electrons. The van der Waals surface area contributed by atoms with Crippen LogP contribution < -0.4 is 0 Å². The highest BCUT2D eigenvalue weighted by Gasteiger charge is 2.15. The topological polar surface area (TPSA) is 51.2 Å². The molecule has 0 spiro atoms. The van der Waals surface area contributed by atoms with E-state index in [1.54, 1.807) is 0 Å². The summed E-state index contributed by atoms with van der Waals surface area (Å²) in [5.74, 6) is -0.320. The zero-order chi connectivity index (χ0) is 28.0. The third-order valence-corrected chi connectivity index (χ3v) is 7.26. The zero-order valence-corrected chi connectivity index (χ0v) is 25.2. The maximum absolute atomic E-state index is 12.5. The first-order valence-electron chi connectivity index (χ1n) is 15.7. The minimum absolute atomic E-state index is 0.206. The van der Waals surface area contributed by atoms with E-state index in [9.17, 15) is 4.79 Å². The van der Waals surface area contributed by atoms with Crippen molar-refractivity contribution in [3.05, 3.63) is 47.8 Å². The van der Waals surface area contributed by atoms with Crippen LogP contribution in [0.3, 0.4) is 0 Å². The SMILES string of the molecule is CCCCCCCCCCCCCCCCOCC(COC(=O)c1ccc(CN2C=CN(C)C2)cc1)OCC. The second-order valence-corrected chi connectivity index (χ2v) is 11.0. The van der Waals surface area contributed by atoms with Gasteiger partial charge in [0, 0.05) is 39.2 Å². The number of carbonyl (C=O) groups is 1. The van der Waals surface area contributed by atoms with Gasteiger partial charge in [-0.25, -0.2) is 4.79 Å². The molecule has 6 nitrogen and oxygen atoms in total. The first-order chi connectivity index (χ1) is 19.1. The second-order valence-electron chi connectivity index (χ2n) is 11.0. The van der Waals surface area contributed by atoms with E-state index < -0.39 is 0 Å². The number of esters is 1. The molecule has 2 rings (SSSR count). The molecule has 6 heteroatoms. The van der Waals surface area contributed by atoms with Crippen LogP contribution in [-0.2, 0) is 20.8 Å². The van der Waals surface area contributed by atoms with Gasteiger partial charge in [-0.1, -0.05) is 103 Å². The summed E-state index contributed by atoms with van der Waals surface area (Å²) in [6.45, 7) is 7.89. The van der Waals surface area contributed by atoms with Gasteiger partial charge in [-0.3, -0.25) is 0 Å². The van der Waals surface area contributed by atoms with Crippen molar-refractivity contribution in [3.63, 3.8) is 0 Å². The van der Waals surface area contributed by atoms with Crippen LogP contribution in [-0.4, -0.2) is 62.0 Å². The van der Waals surface area contributed by atoms with Gasteiger partial charge in [-0.05, 0) is 31.0 Å². The third kappa shape index (κ3) is 16.0. The van der Waals surface area contributed by atoms with Gasteiger partial charge in [-0.15, -0.1) is 0 Å². The fourth-order valence-electron chi connectivity index (χ4n) is 4.92. The van der Waals surface area contributed by atoms with Crippen molar-refractivity contribution in [2.45, 2.75) is 116 Å². The number of unbranched alkanes of at least 4 members (excludes halogenated alkanes) is 13. The van der Waals surface area contributed by atoms with Crippen molar-refractivity contribution >= 4 is 5.97 Å². The maximum atomic E-state index is 12.5. The molecule has 1 atom stereocenters. The Kier molecular flexibility index (Phi) is 18.5. The number of hydrogen-bond donors (Lipinski definition) is 0. The van der Waals surface area contributed by atoms with Crippen LogP contribution in [0.2, 0.25) is 0 Å². The van der Waals surface area contributed by atoms with Gasteiger partial charge in [0.2, 0.25) is 0 Å². The molecule has 0 amide bonds. The van der Waals surface area contributed by atoms with E-state index in [4.69, 9.17) is 14.2 Å². The fourth-order valence-corrected chi connectivity index (χ4v) is 4.92. The molecule has 222 valence electrons. The predicted molar refractivity (Wildman–Crippen MR) is 161 cm³/mol. The summed E-state index contributed by atoms with van der Waals surface area (Å²) in [7, 11) is 2.05. The van der Waals surface area contributed by atoms with Gasteiger partial charge in [-0.2, -0.15) is 0 Å². The van der Waals surface area contributed by atoms with Gasteiger partial charge in [0.25, 0.3) is 0 Å². The molecule has 1 aromatic rings. The lowest BCUT2D eigenvalue weighted by Gasteiger charge is -2.18. The van der Waals surface area contributed by atoms with E-state index in [0.717, 1.165) is 31.8 Å². The highest BCUT2D eigenvalue weighted by Crippen LogP contribution is 2.14. The molecule has 1 aliphatic heterocycles. The Hall–Kier alpha value is -2.05. The lowest BCUT2D eigenvalue weighted by Crippen LogP contribution is -2.27. The van der Waals surface area contributed by atoms with Crippen LogP contribution in [0, 0.1) is 0 Å². The lowest BCUT2D eigenvalue weighted by molar-refractivity contribution is -0.0465. The molecule has 0 aromatic heterocycles. The van der Waals surface area contributed by atoms with Gasteiger partial charge < -0.3 is 24.0 Å². The van der Waals surface area contributed by atoms with E-state index in [0.29, 0.717) is 18.8 Å². The summed E-state index contributed by atoms with van der Waals surface area (Å²) in [6, 6.07) is 7.65. The Labute approximate surface area is 239 Å². The number of nitrogens with zero attached hydrogens (tertiary/aromatic N) is 2. The molecular formula is C33H56N2O4. The molecule has 1 heterocycles. The van der Waals surface area contributed by atoms with Crippen molar-refractivity contribution in [3.8, 4) is 0 Å². The summed E-state index contributed by atoms with van der Waals surface area (Å²) in [5.41, 5.74) is 1.72. The standard InChI is InChI=1S/C33H56N2O4/c1-4-6-7-8-9-10-11-12-13-14-15-16-17-18-25-37-27-32(38-5-2)28-39-33(36)31-21-19-30(20-22-31)26-35-24-23-34(3)29-35/h19-24,32H,4-18,25-29H2,1-3H3. The van der Waals surface area contributed by atoms with E-state index >= 15 is 0 Å². The molecule has 39 heavy (non-hydrogen) atoms. The van der Waals surface area contributed by atoms with Crippen LogP contribution >= 0.6 is 0 Å². The first-order valence-corrected chi connectivity index (χ1v) is 15.7. The van der Waals surface area contributed by atoms with E-state index in [2.05, 4.69) is 36.2 Å². The third-order valence-electron chi connectivity index (χ3n) is 7.26.